The maximum atomic E-state index is 14.4. The molecule has 4 aromatic rings. The Balaban J connectivity index is 1.39. The molecule has 35 heavy (non-hydrogen) atoms. The highest BCUT2D eigenvalue weighted by atomic mass is 19.1. The summed E-state index contributed by atoms with van der Waals surface area (Å²) in [6, 6.07) is 17.5. The number of fused-ring (bicyclic) bond motifs is 2. The van der Waals surface area contributed by atoms with Crippen molar-refractivity contribution in [3.05, 3.63) is 78.1 Å². The van der Waals surface area contributed by atoms with Crippen LogP contribution >= 0.6 is 0 Å². The number of carbonyl (C=O) groups excluding carboxylic acids is 2. The van der Waals surface area contributed by atoms with E-state index in [9.17, 15) is 14.0 Å². The third kappa shape index (κ3) is 4.63. The predicted octanol–water partition coefficient (Wildman–Crippen LogP) is 3.36. The van der Waals surface area contributed by atoms with Crippen LogP contribution in [0.2, 0.25) is 0 Å². The van der Waals surface area contributed by atoms with Crippen molar-refractivity contribution < 1.29 is 23.5 Å². The summed E-state index contributed by atoms with van der Waals surface area (Å²) in [5.74, 6) is -0.186. The monoisotopic (exact) mass is 475 g/mol. The van der Waals surface area contributed by atoms with Gasteiger partial charge in [-0.05, 0) is 37.3 Å². The molecule has 1 atom stereocenters. The minimum absolute atomic E-state index is 0.0894. The fourth-order valence-corrected chi connectivity index (χ4v) is 3.87. The number of amides is 2. The first-order valence-corrected chi connectivity index (χ1v) is 11.0. The highest BCUT2D eigenvalue weighted by Gasteiger charge is 2.28. The molecule has 0 fully saturated rings. The van der Waals surface area contributed by atoms with Crippen LogP contribution in [-0.2, 0) is 22.7 Å². The number of rotatable bonds is 7. The Morgan fingerprint density at radius 3 is 2.71 bits per heavy atom. The molecule has 0 spiro atoms. The minimum atomic E-state index is -0.915. The van der Waals surface area contributed by atoms with Gasteiger partial charge in [-0.25, -0.2) is 9.07 Å². The number of benzene rings is 3. The number of hydrogen-bond acceptors (Lipinski definition) is 6. The number of halogens is 1. The Morgan fingerprint density at radius 2 is 1.86 bits per heavy atom. The van der Waals surface area contributed by atoms with E-state index in [0.717, 1.165) is 0 Å². The highest BCUT2D eigenvalue weighted by Crippen LogP contribution is 2.34. The first kappa shape index (κ1) is 22.3. The molecule has 178 valence electrons. The molecule has 0 saturated carbocycles. The maximum Gasteiger partial charge on any atom is 0.246 e. The molecule has 5 rings (SSSR count). The first-order chi connectivity index (χ1) is 17.0. The second-order valence-corrected chi connectivity index (χ2v) is 8.08. The second kappa shape index (κ2) is 9.41. The standard InChI is InChI=1S/C25H22FN5O4/c1-16(25(33)27-18-10-11-22-23(12-18)35-15-34-22)30(13-17-6-2-3-7-19(17)26)24(32)14-31-21-9-5-4-8-20(21)28-29-31/h2-12,16H,13-15H2,1H3,(H,27,33). The van der Waals surface area contributed by atoms with E-state index in [1.54, 1.807) is 55.5 Å². The van der Waals surface area contributed by atoms with Crippen molar-refractivity contribution in [2.45, 2.75) is 26.1 Å². The van der Waals surface area contributed by atoms with Gasteiger partial charge in [0.05, 0.1) is 5.52 Å². The van der Waals surface area contributed by atoms with Gasteiger partial charge in [0.25, 0.3) is 0 Å². The average molecular weight is 475 g/mol. The van der Waals surface area contributed by atoms with Gasteiger partial charge in [0, 0.05) is 23.9 Å². The lowest BCUT2D eigenvalue weighted by Crippen LogP contribution is -2.46. The Hall–Kier alpha value is -4.47. The van der Waals surface area contributed by atoms with Crippen molar-refractivity contribution in [3.63, 3.8) is 0 Å². The lowest BCUT2D eigenvalue weighted by Gasteiger charge is -2.29. The van der Waals surface area contributed by atoms with Crippen LogP contribution in [0.4, 0.5) is 10.1 Å². The number of nitrogens with one attached hydrogen (secondary N) is 1. The summed E-state index contributed by atoms with van der Waals surface area (Å²) in [5, 5.41) is 10.9. The molecule has 10 heteroatoms. The summed E-state index contributed by atoms with van der Waals surface area (Å²) in [4.78, 5) is 27.9. The number of nitrogens with zero attached hydrogens (tertiary/aromatic N) is 4. The maximum absolute atomic E-state index is 14.4. The van der Waals surface area contributed by atoms with Crippen molar-refractivity contribution >= 4 is 28.5 Å². The molecule has 0 radical (unpaired) electrons. The van der Waals surface area contributed by atoms with Crippen LogP contribution < -0.4 is 14.8 Å². The summed E-state index contributed by atoms with van der Waals surface area (Å²) >= 11 is 0. The molecule has 1 N–H and O–H groups in total. The number of para-hydroxylation sites is 1. The lowest BCUT2D eigenvalue weighted by molar-refractivity contribution is -0.139. The Kier molecular flexibility index (Phi) is 6.01. The van der Waals surface area contributed by atoms with Gasteiger partial charge in [0.15, 0.2) is 11.5 Å². The van der Waals surface area contributed by atoms with Crippen molar-refractivity contribution in [3.8, 4) is 11.5 Å². The molecule has 0 aliphatic carbocycles. The lowest BCUT2D eigenvalue weighted by atomic mass is 10.1. The highest BCUT2D eigenvalue weighted by molar-refractivity contribution is 5.97. The SMILES string of the molecule is CC(C(=O)Nc1ccc2c(c1)OCO2)N(Cc1ccccc1F)C(=O)Cn1nnc2ccccc21. The van der Waals surface area contributed by atoms with Gasteiger partial charge in [-0.15, -0.1) is 5.10 Å². The molecule has 2 amide bonds. The minimum Gasteiger partial charge on any atom is -0.454 e. The summed E-state index contributed by atoms with van der Waals surface area (Å²) < 4.78 is 26.6. The normalized spacial score (nSPS) is 13.0. The van der Waals surface area contributed by atoms with Crippen LogP contribution in [-0.4, -0.2) is 44.5 Å². The molecule has 9 nitrogen and oxygen atoms in total. The Bertz CT molecular complexity index is 1410. The second-order valence-electron chi connectivity index (χ2n) is 8.08. The van der Waals surface area contributed by atoms with E-state index < -0.39 is 23.7 Å². The zero-order valence-corrected chi connectivity index (χ0v) is 18.8. The van der Waals surface area contributed by atoms with E-state index in [-0.39, 0.29) is 19.9 Å². The smallest absolute Gasteiger partial charge is 0.246 e. The molecule has 1 aromatic heterocycles. The number of hydrogen-bond donors (Lipinski definition) is 1. The number of carbonyl (C=O) groups is 2. The summed E-state index contributed by atoms with van der Waals surface area (Å²) in [6.07, 6.45) is 0. The van der Waals surface area contributed by atoms with Crippen LogP contribution in [0, 0.1) is 5.82 Å². The Morgan fingerprint density at radius 1 is 1.09 bits per heavy atom. The molecule has 3 aromatic carbocycles. The molecular weight excluding hydrogens is 453 g/mol. The third-order valence-corrected chi connectivity index (χ3v) is 5.81. The topological polar surface area (TPSA) is 98.6 Å². The van der Waals surface area contributed by atoms with Gasteiger partial charge in [-0.1, -0.05) is 35.5 Å². The van der Waals surface area contributed by atoms with Crippen LogP contribution in [0.3, 0.4) is 0 Å². The zero-order valence-electron chi connectivity index (χ0n) is 18.8. The van der Waals surface area contributed by atoms with Gasteiger partial charge >= 0.3 is 0 Å². The van der Waals surface area contributed by atoms with Gasteiger partial charge in [-0.3, -0.25) is 9.59 Å². The van der Waals surface area contributed by atoms with Crippen molar-refractivity contribution in [2.75, 3.05) is 12.1 Å². The van der Waals surface area contributed by atoms with E-state index in [4.69, 9.17) is 9.47 Å². The van der Waals surface area contributed by atoms with Crippen LogP contribution in [0.15, 0.2) is 66.7 Å². The van der Waals surface area contributed by atoms with Crippen LogP contribution in [0.1, 0.15) is 12.5 Å². The van der Waals surface area contributed by atoms with Gasteiger partial charge in [0.2, 0.25) is 18.6 Å². The quantitative estimate of drug-likeness (QED) is 0.440. The van der Waals surface area contributed by atoms with Gasteiger partial charge in [-0.2, -0.15) is 0 Å². The van der Waals surface area contributed by atoms with E-state index in [1.165, 1.54) is 15.6 Å². The van der Waals surface area contributed by atoms with Crippen molar-refractivity contribution in [2.24, 2.45) is 0 Å². The predicted molar refractivity (Wildman–Crippen MR) is 125 cm³/mol. The molecule has 1 unspecified atom stereocenters. The largest absolute Gasteiger partial charge is 0.454 e. The zero-order chi connectivity index (χ0) is 24.4. The number of anilines is 1. The molecule has 2 heterocycles. The van der Waals surface area contributed by atoms with Gasteiger partial charge < -0.3 is 19.7 Å². The Labute approximate surface area is 200 Å². The number of aromatic nitrogens is 3. The molecule has 0 bridgehead atoms. The first-order valence-electron chi connectivity index (χ1n) is 11.0. The van der Waals surface area contributed by atoms with Crippen molar-refractivity contribution in [1.82, 2.24) is 19.9 Å². The molecule has 1 aliphatic rings. The molecule has 0 saturated heterocycles. The van der Waals surface area contributed by atoms with E-state index in [0.29, 0.717) is 33.8 Å². The van der Waals surface area contributed by atoms with Gasteiger partial charge in [0.1, 0.15) is 23.9 Å². The molecule has 1 aliphatic heterocycles. The van der Waals surface area contributed by atoms with E-state index in [2.05, 4.69) is 15.6 Å². The van der Waals surface area contributed by atoms with Crippen LogP contribution in [0.25, 0.3) is 11.0 Å². The fourth-order valence-electron chi connectivity index (χ4n) is 3.87. The van der Waals surface area contributed by atoms with E-state index in [1.807, 2.05) is 12.1 Å². The van der Waals surface area contributed by atoms with E-state index >= 15 is 0 Å². The van der Waals surface area contributed by atoms with Crippen LogP contribution in [0.5, 0.6) is 11.5 Å². The third-order valence-electron chi connectivity index (χ3n) is 5.81. The summed E-state index contributed by atoms with van der Waals surface area (Å²) in [6.45, 7) is 1.47. The fraction of sp³-hybridized carbons (Fsp3) is 0.200. The molecular formula is C25H22FN5O4. The summed E-state index contributed by atoms with van der Waals surface area (Å²) in [5.41, 5.74) is 2.12. The van der Waals surface area contributed by atoms with Crippen molar-refractivity contribution in [1.29, 1.82) is 0 Å². The number of ether oxygens (including phenoxy) is 2. The summed E-state index contributed by atoms with van der Waals surface area (Å²) in [7, 11) is 0. The average Bonchev–Trinajstić information content (AvgIpc) is 3.50.